The Morgan fingerprint density at radius 1 is 1.73 bits per heavy atom. The molecule has 0 fully saturated rings. The van der Waals surface area contributed by atoms with E-state index in [1.54, 1.807) is 25.2 Å². The van der Waals surface area contributed by atoms with Gasteiger partial charge in [-0.15, -0.1) is 11.3 Å². The monoisotopic (exact) mass is 291 g/mol. The molecule has 1 unspecified atom stereocenters. The van der Waals surface area contributed by atoms with Crippen LogP contribution in [0.2, 0.25) is 0 Å². The summed E-state index contributed by atoms with van der Waals surface area (Å²) in [5.41, 5.74) is 5.19. The number of hydrogen-bond acceptors (Lipinski definition) is 3. The Hall–Kier alpha value is -0.390. The summed E-state index contributed by atoms with van der Waals surface area (Å²) in [6.07, 6.45) is 0.432. The third-order valence-electron chi connectivity index (χ3n) is 2.29. The second-order valence-corrected chi connectivity index (χ2v) is 5.93. The molecule has 1 aromatic heterocycles. The van der Waals surface area contributed by atoms with Crippen molar-refractivity contribution in [3.63, 3.8) is 0 Å². The molecule has 84 valence electrons. The van der Waals surface area contributed by atoms with Crippen molar-refractivity contribution < 1.29 is 9.90 Å². The van der Waals surface area contributed by atoms with Crippen LogP contribution < -0.4 is 5.73 Å². The van der Waals surface area contributed by atoms with E-state index in [-0.39, 0.29) is 6.04 Å². The van der Waals surface area contributed by atoms with Crippen LogP contribution in [0.25, 0.3) is 0 Å². The quantitative estimate of drug-likeness (QED) is 0.896. The Morgan fingerprint density at radius 2 is 2.33 bits per heavy atom. The Morgan fingerprint density at radius 3 is 2.73 bits per heavy atom. The highest BCUT2D eigenvalue weighted by Crippen LogP contribution is 2.34. The van der Waals surface area contributed by atoms with Gasteiger partial charge in [0.25, 0.3) is 0 Å². The van der Waals surface area contributed by atoms with E-state index < -0.39 is 11.4 Å². The van der Waals surface area contributed by atoms with Gasteiger partial charge in [0.05, 0.1) is 5.41 Å². The molecule has 0 radical (unpaired) electrons. The fourth-order valence-corrected chi connectivity index (χ4v) is 2.97. The molecule has 1 aromatic rings. The number of rotatable bonds is 4. The fourth-order valence-electron chi connectivity index (χ4n) is 1.30. The lowest BCUT2D eigenvalue weighted by Gasteiger charge is -2.22. The SMILES string of the molecule is CC(C)(CC(N)c1sccc1Br)C(=O)O. The van der Waals surface area contributed by atoms with Gasteiger partial charge in [-0.05, 0) is 47.6 Å². The summed E-state index contributed by atoms with van der Waals surface area (Å²) in [5, 5.41) is 10.9. The molecule has 0 aromatic carbocycles. The van der Waals surface area contributed by atoms with E-state index in [0.717, 1.165) is 9.35 Å². The molecule has 0 bridgehead atoms. The maximum absolute atomic E-state index is 10.9. The number of aliphatic carboxylic acids is 1. The lowest BCUT2D eigenvalue weighted by atomic mass is 9.86. The molecule has 0 aliphatic carbocycles. The maximum atomic E-state index is 10.9. The van der Waals surface area contributed by atoms with E-state index in [0.29, 0.717) is 6.42 Å². The highest BCUT2D eigenvalue weighted by molar-refractivity contribution is 9.10. The van der Waals surface area contributed by atoms with Gasteiger partial charge in [0, 0.05) is 15.4 Å². The number of thiophene rings is 1. The topological polar surface area (TPSA) is 63.3 Å². The molecule has 0 aliphatic rings. The van der Waals surface area contributed by atoms with Gasteiger partial charge in [0.2, 0.25) is 0 Å². The summed E-state index contributed by atoms with van der Waals surface area (Å²) in [6, 6.07) is 1.69. The molecular weight excluding hydrogens is 278 g/mol. The number of carboxylic acids is 1. The van der Waals surface area contributed by atoms with E-state index in [1.807, 2.05) is 11.4 Å². The Labute approximate surface area is 101 Å². The van der Waals surface area contributed by atoms with Crippen LogP contribution in [0.5, 0.6) is 0 Å². The fraction of sp³-hybridized carbons (Fsp3) is 0.500. The van der Waals surface area contributed by atoms with Crippen LogP contribution in [0.4, 0.5) is 0 Å². The standard InChI is InChI=1S/C10H14BrNO2S/c1-10(2,9(13)14)5-7(12)8-6(11)3-4-15-8/h3-4,7H,5,12H2,1-2H3,(H,13,14). The average molecular weight is 292 g/mol. The van der Waals surface area contributed by atoms with E-state index in [2.05, 4.69) is 15.9 Å². The molecule has 3 nitrogen and oxygen atoms in total. The first-order chi connectivity index (χ1) is 6.84. The number of hydrogen-bond donors (Lipinski definition) is 2. The van der Waals surface area contributed by atoms with E-state index in [9.17, 15) is 4.79 Å². The zero-order valence-electron chi connectivity index (χ0n) is 8.66. The third-order valence-corrected chi connectivity index (χ3v) is 4.29. The van der Waals surface area contributed by atoms with Gasteiger partial charge in [-0.1, -0.05) is 0 Å². The van der Waals surface area contributed by atoms with E-state index in [4.69, 9.17) is 10.8 Å². The second-order valence-electron chi connectivity index (χ2n) is 4.13. The van der Waals surface area contributed by atoms with Gasteiger partial charge in [0.15, 0.2) is 0 Å². The Balaban J connectivity index is 2.76. The van der Waals surface area contributed by atoms with E-state index in [1.165, 1.54) is 0 Å². The summed E-state index contributed by atoms with van der Waals surface area (Å²) < 4.78 is 0.959. The normalized spacial score (nSPS) is 13.9. The molecule has 5 heteroatoms. The van der Waals surface area contributed by atoms with Crippen molar-refractivity contribution in [2.45, 2.75) is 26.3 Å². The van der Waals surface area contributed by atoms with Crippen LogP contribution in [-0.2, 0) is 4.79 Å². The van der Waals surface area contributed by atoms with Crippen LogP contribution in [0.3, 0.4) is 0 Å². The highest BCUT2D eigenvalue weighted by Gasteiger charge is 2.30. The van der Waals surface area contributed by atoms with Crippen LogP contribution in [-0.4, -0.2) is 11.1 Å². The van der Waals surface area contributed by atoms with Crippen LogP contribution in [0.1, 0.15) is 31.2 Å². The van der Waals surface area contributed by atoms with Crippen LogP contribution >= 0.6 is 27.3 Å². The van der Waals surface area contributed by atoms with Gasteiger partial charge in [-0.3, -0.25) is 4.79 Å². The largest absolute Gasteiger partial charge is 0.481 e. The number of carboxylic acid groups (broad SMARTS) is 1. The summed E-state index contributed by atoms with van der Waals surface area (Å²) in [7, 11) is 0. The lowest BCUT2D eigenvalue weighted by molar-refractivity contribution is -0.147. The minimum Gasteiger partial charge on any atom is -0.481 e. The molecule has 3 N–H and O–H groups in total. The van der Waals surface area contributed by atoms with Crippen molar-refractivity contribution in [3.8, 4) is 0 Å². The van der Waals surface area contributed by atoms with E-state index >= 15 is 0 Å². The Kier molecular flexibility index (Phi) is 3.92. The molecular formula is C10H14BrNO2S. The minimum absolute atomic E-state index is 0.231. The first-order valence-corrected chi connectivity index (χ1v) is 6.24. The molecule has 1 heterocycles. The van der Waals surface area contributed by atoms with Gasteiger partial charge in [-0.2, -0.15) is 0 Å². The third kappa shape index (κ3) is 3.03. The van der Waals surface area contributed by atoms with Crippen LogP contribution in [0.15, 0.2) is 15.9 Å². The van der Waals surface area contributed by atoms with Crippen molar-refractivity contribution in [2.24, 2.45) is 11.1 Å². The van der Waals surface area contributed by atoms with Crippen molar-refractivity contribution in [1.29, 1.82) is 0 Å². The summed E-state index contributed by atoms with van der Waals surface area (Å²) in [5.74, 6) is -0.814. The van der Waals surface area contributed by atoms with Crippen molar-refractivity contribution >= 4 is 33.2 Å². The highest BCUT2D eigenvalue weighted by atomic mass is 79.9. The summed E-state index contributed by atoms with van der Waals surface area (Å²) in [4.78, 5) is 12.0. The molecule has 0 spiro atoms. The molecule has 0 aliphatic heterocycles. The zero-order valence-corrected chi connectivity index (χ0v) is 11.1. The average Bonchev–Trinajstić information content (AvgIpc) is 2.50. The predicted molar refractivity (Wildman–Crippen MR) is 65.0 cm³/mol. The van der Waals surface area contributed by atoms with Crippen molar-refractivity contribution in [1.82, 2.24) is 0 Å². The number of carbonyl (C=O) groups is 1. The number of halogens is 1. The predicted octanol–water partition coefficient (Wildman–Crippen LogP) is 3.01. The molecule has 0 amide bonds. The minimum atomic E-state index is -0.814. The molecule has 1 atom stereocenters. The van der Waals surface area contributed by atoms with Gasteiger partial charge >= 0.3 is 5.97 Å². The van der Waals surface area contributed by atoms with Crippen LogP contribution in [0, 0.1) is 5.41 Å². The summed E-state index contributed by atoms with van der Waals surface area (Å²) in [6.45, 7) is 3.38. The second kappa shape index (κ2) is 4.63. The maximum Gasteiger partial charge on any atom is 0.309 e. The molecule has 0 saturated heterocycles. The van der Waals surface area contributed by atoms with Gasteiger partial charge < -0.3 is 10.8 Å². The molecule has 15 heavy (non-hydrogen) atoms. The van der Waals surface area contributed by atoms with Crippen molar-refractivity contribution in [2.75, 3.05) is 0 Å². The van der Waals surface area contributed by atoms with Gasteiger partial charge in [0.1, 0.15) is 0 Å². The summed E-state index contributed by atoms with van der Waals surface area (Å²) >= 11 is 4.94. The smallest absolute Gasteiger partial charge is 0.309 e. The first kappa shape index (κ1) is 12.7. The Bertz CT molecular complexity index is 362. The van der Waals surface area contributed by atoms with Crippen molar-refractivity contribution in [3.05, 3.63) is 20.8 Å². The molecule has 0 saturated carbocycles. The zero-order chi connectivity index (χ0) is 11.6. The molecule has 1 rings (SSSR count). The number of nitrogens with two attached hydrogens (primary N) is 1. The van der Waals surface area contributed by atoms with Gasteiger partial charge in [-0.25, -0.2) is 0 Å². The lowest BCUT2D eigenvalue weighted by Crippen LogP contribution is -2.28. The first-order valence-electron chi connectivity index (χ1n) is 4.56.